The fourth-order valence-electron chi connectivity index (χ4n) is 1.67. The smallest absolute Gasteiger partial charge is 0.306 e. The predicted molar refractivity (Wildman–Crippen MR) is 73.7 cm³/mol. The van der Waals surface area contributed by atoms with Crippen LogP contribution in [-0.4, -0.2) is 35.4 Å². The Morgan fingerprint density at radius 1 is 1.50 bits per heavy atom. The normalized spacial score (nSPS) is 12.4. The van der Waals surface area contributed by atoms with Gasteiger partial charge in [-0.1, -0.05) is 22.0 Å². The number of aliphatic hydroxyl groups is 1. The largest absolute Gasteiger partial charge is 0.481 e. The Morgan fingerprint density at radius 3 is 2.89 bits per heavy atom. The van der Waals surface area contributed by atoms with E-state index in [9.17, 15) is 9.90 Å². The molecule has 0 saturated carbocycles. The molecular formula is C13H18BrNO3. The molecule has 100 valence electrons. The summed E-state index contributed by atoms with van der Waals surface area (Å²) in [6.45, 7) is 3.08. The van der Waals surface area contributed by atoms with E-state index in [4.69, 9.17) is 5.11 Å². The molecule has 1 atom stereocenters. The minimum absolute atomic E-state index is 0.219. The number of aliphatic carboxylic acids is 1. The molecule has 0 aliphatic carbocycles. The Kier molecular flexibility index (Phi) is 6.32. The first-order valence-corrected chi connectivity index (χ1v) is 6.64. The lowest BCUT2D eigenvalue weighted by molar-refractivity contribution is -0.139. The van der Waals surface area contributed by atoms with Gasteiger partial charge in [0.05, 0.1) is 12.5 Å². The number of carboxylic acid groups (broad SMARTS) is 1. The third-order valence-electron chi connectivity index (χ3n) is 2.67. The fourth-order valence-corrected chi connectivity index (χ4v) is 2.08. The Hall–Kier alpha value is -0.910. The van der Waals surface area contributed by atoms with Gasteiger partial charge < -0.3 is 15.5 Å². The summed E-state index contributed by atoms with van der Waals surface area (Å²) >= 11 is 3.43. The van der Waals surface area contributed by atoms with Crippen LogP contribution in [0.5, 0.6) is 0 Å². The molecule has 1 unspecified atom stereocenters. The van der Waals surface area contributed by atoms with E-state index < -0.39 is 12.1 Å². The lowest BCUT2D eigenvalue weighted by Gasteiger charge is -2.10. The van der Waals surface area contributed by atoms with Crippen LogP contribution in [0.25, 0.3) is 0 Å². The molecule has 0 amide bonds. The van der Waals surface area contributed by atoms with E-state index in [2.05, 4.69) is 40.3 Å². The zero-order valence-electron chi connectivity index (χ0n) is 10.3. The zero-order chi connectivity index (χ0) is 13.5. The van der Waals surface area contributed by atoms with Gasteiger partial charge in [-0.05, 0) is 43.1 Å². The maximum absolute atomic E-state index is 10.4. The van der Waals surface area contributed by atoms with E-state index in [1.807, 2.05) is 6.07 Å². The number of benzene rings is 1. The molecule has 0 aromatic heterocycles. The number of aryl methyl sites for hydroxylation is 1. The molecule has 4 nitrogen and oxygen atoms in total. The van der Waals surface area contributed by atoms with E-state index in [0.717, 1.165) is 10.9 Å². The van der Waals surface area contributed by atoms with E-state index in [1.165, 1.54) is 11.1 Å². The van der Waals surface area contributed by atoms with E-state index in [1.54, 1.807) is 0 Å². The summed E-state index contributed by atoms with van der Waals surface area (Å²) in [6.07, 6.45) is -0.195. The third-order valence-corrected chi connectivity index (χ3v) is 3.17. The van der Waals surface area contributed by atoms with Gasteiger partial charge in [0.15, 0.2) is 0 Å². The molecule has 0 saturated heterocycles. The number of aliphatic hydroxyl groups excluding tert-OH is 1. The van der Waals surface area contributed by atoms with Crippen molar-refractivity contribution in [3.63, 3.8) is 0 Å². The standard InChI is InChI=1S/C13H18BrNO3/c1-9-2-3-11(14)6-10(9)4-5-15-8-12(16)7-13(17)18/h2-3,6,12,15-16H,4-5,7-8H2,1H3,(H,17,18). The quantitative estimate of drug-likeness (QED) is 0.670. The van der Waals surface area contributed by atoms with Crippen LogP contribution in [0.4, 0.5) is 0 Å². The SMILES string of the molecule is Cc1ccc(Br)cc1CCNCC(O)CC(=O)O. The lowest BCUT2D eigenvalue weighted by atomic mass is 10.1. The molecule has 1 aromatic rings. The Balaban J connectivity index is 2.29. The van der Waals surface area contributed by atoms with E-state index in [0.29, 0.717) is 13.1 Å². The average Bonchev–Trinajstić information content (AvgIpc) is 2.28. The van der Waals surface area contributed by atoms with Crippen LogP contribution < -0.4 is 5.32 Å². The number of carbonyl (C=O) groups is 1. The van der Waals surface area contributed by atoms with Gasteiger partial charge in [-0.25, -0.2) is 0 Å². The minimum Gasteiger partial charge on any atom is -0.481 e. The second-order valence-corrected chi connectivity index (χ2v) is 5.19. The van der Waals surface area contributed by atoms with Gasteiger partial charge in [-0.15, -0.1) is 0 Å². The van der Waals surface area contributed by atoms with Crippen molar-refractivity contribution in [3.05, 3.63) is 33.8 Å². The summed E-state index contributed by atoms with van der Waals surface area (Å²) in [5.74, 6) is -0.980. The van der Waals surface area contributed by atoms with Crippen molar-refractivity contribution >= 4 is 21.9 Å². The van der Waals surface area contributed by atoms with Crippen molar-refractivity contribution in [1.82, 2.24) is 5.32 Å². The van der Waals surface area contributed by atoms with E-state index in [-0.39, 0.29) is 6.42 Å². The Bertz CT molecular complexity index is 409. The highest BCUT2D eigenvalue weighted by Gasteiger charge is 2.08. The number of halogens is 1. The van der Waals surface area contributed by atoms with Crippen LogP contribution in [0.1, 0.15) is 17.5 Å². The number of carboxylic acids is 1. The minimum atomic E-state index is -0.980. The van der Waals surface area contributed by atoms with Crippen molar-refractivity contribution < 1.29 is 15.0 Å². The molecule has 0 aliphatic rings. The highest BCUT2D eigenvalue weighted by Crippen LogP contribution is 2.16. The van der Waals surface area contributed by atoms with Crippen molar-refractivity contribution in [2.24, 2.45) is 0 Å². The predicted octanol–water partition coefficient (Wildman–Crippen LogP) is 1.73. The summed E-state index contributed by atoms with van der Waals surface area (Å²) in [6, 6.07) is 6.13. The molecule has 5 heteroatoms. The van der Waals surface area contributed by atoms with Crippen molar-refractivity contribution in [1.29, 1.82) is 0 Å². The van der Waals surface area contributed by atoms with Crippen LogP contribution in [0.3, 0.4) is 0 Å². The topological polar surface area (TPSA) is 69.6 Å². The average molecular weight is 316 g/mol. The van der Waals surface area contributed by atoms with Crippen molar-refractivity contribution in [2.75, 3.05) is 13.1 Å². The lowest BCUT2D eigenvalue weighted by Crippen LogP contribution is -2.30. The summed E-state index contributed by atoms with van der Waals surface area (Å²) in [5.41, 5.74) is 2.47. The third kappa shape index (κ3) is 5.62. The highest BCUT2D eigenvalue weighted by molar-refractivity contribution is 9.10. The van der Waals surface area contributed by atoms with Crippen LogP contribution in [-0.2, 0) is 11.2 Å². The first-order chi connectivity index (χ1) is 8.49. The summed E-state index contributed by atoms with van der Waals surface area (Å²) in [5, 5.41) is 20.9. The maximum atomic E-state index is 10.4. The molecule has 0 heterocycles. The molecule has 0 aliphatic heterocycles. The molecule has 0 spiro atoms. The number of hydrogen-bond donors (Lipinski definition) is 3. The monoisotopic (exact) mass is 315 g/mol. The molecule has 0 radical (unpaired) electrons. The van der Waals surface area contributed by atoms with Gasteiger partial charge in [0.25, 0.3) is 0 Å². The molecule has 1 aromatic carbocycles. The molecule has 0 fully saturated rings. The van der Waals surface area contributed by atoms with Gasteiger partial charge >= 0.3 is 5.97 Å². The number of rotatable bonds is 7. The Morgan fingerprint density at radius 2 is 2.22 bits per heavy atom. The summed E-state index contributed by atoms with van der Waals surface area (Å²) in [7, 11) is 0. The van der Waals surface area contributed by atoms with Crippen LogP contribution >= 0.6 is 15.9 Å². The molecule has 1 rings (SSSR count). The first-order valence-electron chi connectivity index (χ1n) is 5.84. The van der Waals surface area contributed by atoms with Gasteiger partial charge in [0.1, 0.15) is 0 Å². The van der Waals surface area contributed by atoms with Crippen molar-refractivity contribution in [3.8, 4) is 0 Å². The first kappa shape index (κ1) is 15.1. The van der Waals surface area contributed by atoms with Gasteiger partial charge in [-0.3, -0.25) is 4.79 Å². The molecule has 18 heavy (non-hydrogen) atoms. The second-order valence-electron chi connectivity index (χ2n) is 4.28. The summed E-state index contributed by atoms with van der Waals surface area (Å²) in [4.78, 5) is 10.4. The number of hydrogen-bond acceptors (Lipinski definition) is 3. The van der Waals surface area contributed by atoms with Crippen LogP contribution in [0.15, 0.2) is 22.7 Å². The highest BCUT2D eigenvalue weighted by atomic mass is 79.9. The van der Waals surface area contributed by atoms with Gasteiger partial charge in [-0.2, -0.15) is 0 Å². The molecule has 3 N–H and O–H groups in total. The van der Waals surface area contributed by atoms with Crippen LogP contribution in [0.2, 0.25) is 0 Å². The van der Waals surface area contributed by atoms with E-state index >= 15 is 0 Å². The Labute approximate surface area is 115 Å². The fraction of sp³-hybridized carbons (Fsp3) is 0.462. The zero-order valence-corrected chi connectivity index (χ0v) is 11.9. The van der Waals surface area contributed by atoms with Gasteiger partial charge in [0.2, 0.25) is 0 Å². The maximum Gasteiger partial charge on any atom is 0.306 e. The summed E-state index contributed by atoms with van der Waals surface area (Å²) < 4.78 is 1.05. The van der Waals surface area contributed by atoms with Gasteiger partial charge in [0, 0.05) is 11.0 Å². The van der Waals surface area contributed by atoms with Crippen molar-refractivity contribution in [2.45, 2.75) is 25.9 Å². The molecule has 0 bridgehead atoms. The second kappa shape index (κ2) is 7.51. The molecular weight excluding hydrogens is 298 g/mol. The number of nitrogens with one attached hydrogen (secondary N) is 1. The van der Waals surface area contributed by atoms with Crippen LogP contribution in [0, 0.1) is 6.92 Å².